The summed E-state index contributed by atoms with van der Waals surface area (Å²) in [6.45, 7) is 0. The van der Waals surface area contributed by atoms with Crippen LogP contribution < -0.4 is 21.7 Å². The van der Waals surface area contributed by atoms with Crippen molar-refractivity contribution >= 4 is 42.3 Å². The maximum atomic E-state index is 13.0. The first-order valence-corrected chi connectivity index (χ1v) is 12.0. The summed E-state index contributed by atoms with van der Waals surface area (Å²) < 4.78 is 0. The SMILES string of the molecule is NC(Cc1ccccc1)C(=O)NC(CS)C(=O)NC(Cc1ccccc1)C(=O)NC(CC(=O)O)C(=O)O. The number of carboxylic acid groups (broad SMARTS) is 2. The molecule has 3 amide bonds. The second-order valence-electron chi connectivity index (χ2n) is 8.29. The van der Waals surface area contributed by atoms with Crippen molar-refractivity contribution in [1.29, 1.82) is 0 Å². The van der Waals surface area contributed by atoms with Crippen LogP contribution in [0.5, 0.6) is 0 Å². The van der Waals surface area contributed by atoms with Gasteiger partial charge in [0.25, 0.3) is 0 Å². The Hall–Kier alpha value is -3.90. The van der Waals surface area contributed by atoms with Crippen molar-refractivity contribution in [3.63, 3.8) is 0 Å². The molecule has 0 radical (unpaired) electrons. The summed E-state index contributed by atoms with van der Waals surface area (Å²) in [4.78, 5) is 60.9. The fourth-order valence-electron chi connectivity index (χ4n) is 3.41. The van der Waals surface area contributed by atoms with Gasteiger partial charge in [-0.05, 0) is 17.5 Å². The summed E-state index contributed by atoms with van der Waals surface area (Å²) in [5.41, 5.74) is 7.49. The number of hydrogen-bond acceptors (Lipinski definition) is 7. The molecular formula is C25H30N4O7S. The zero-order valence-electron chi connectivity index (χ0n) is 19.9. The molecule has 2 aromatic rings. The van der Waals surface area contributed by atoms with Crippen molar-refractivity contribution in [3.05, 3.63) is 71.8 Å². The number of benzene rings is 2. The molecule has 7 N–H and O–H groups in total. The van der Waals surface area contributed by atoms with Crippen LogP contribution in [0.1, 0.15) is 17.5 Å². The number of carbonyl (C=O) groups excluding carboxylic acids is 3. The van der Waals surface area contributed by atoms with Gasteiger partial charge in [0, 0.05) is 12.2 Å². The second kappa shape index (κ2) is 14.6. The molecule has 0 spiro atoms. The summed E-state index contributed by atoms with van der Waals surface area (Å²) in [7, 11) is 0. The Morgan fingerprint density at radius 1 is 0.703 bits per heavy atom. The zero-order valence-corrected chi connectivity index (χ0v) is 20.8. The fraction of sp³-hybridized carbons (Fsp3) is 0.320. The van der Waals surface area contributed by atoms with Gasteiger partial charge in [0.15, 0.2) is 0 Å². The number of nitrogens with one attached hydrogen (secondary N) is 3. The number of hydrogen-bond donors (Lipinski definition) is 7. The minimum Gasteiger partial charge on any atom is -0.481 e. The van der Waals surface area contributed by atoms with Crippen molar-refractivity contribution in [1.82, 2.24) is 16.0 Å². The van der Waals surface area contributed by atoms with Gasteiger partial charge in [-0.1, -0.05) is 60.7 Å². The monoisotopic (exact) mass is 530 g/mol. The lowest BCUT2D eigenvalue weighted by Crippen LogP contribution is -2.58. The molecule has 0 aliphatic rings. The Labute approximate surface area is 219 Å². The molecule has 0 heterocycles. The third-order valence-corrected chi connectivity index (χ3v) is 5.72. The first kappa shape index (κ1) is 29.3. The summed E-state index contributed by atoms with van der Waals surface area (Å²) >= 11 is 4.13. The Morgan fingerprint density at radius 2 is 1.16 bits per heavy atom. The number of thiol groups is 1. The standard InChI is InChI=1S/C25H30N4O7S/c26-17(11-15-7-3-1-4-8-15)22(32)29-20(14-37)24(34)27-18(12-16-9-5-2-6-10-16)23(33)28-19(25(35)36)13-21(30)31/h1-10,17-20,37H,11-14,26H2,(H,27,34)(H,28,33)(H,29,32)(H,30,31)(H,35,36). The third kappa shape index (κ3) is 9.94. The number of amides is 3. The fourth-order valence-corrected chi connectivity index (χ4v) is 3.67. The number of rotatable bonds is 14. The second-order valence-corrected chi connectivity index (χ2v) is 8.65. The third-order valence-electron chi connectivity index (χ3n) is 5.36. The number of aliphatic carboxylic acids is 2. The maximum absolute atomic E-state index is 13.0. The van der Waals surface area contributed by atoms with Crippen molar-refractivity contribution in [2.24, 2.45) is 5.73 Å². The van der Waals surface area contributed by atoms with Crippen LogP contribution in [-0.2, 0) is 36.8 Å². The lowest BCUT2D eigenvalue weighted by molar-refractivity contribution is -0.147. The van der Waals surface area contributed by atoms with Crippen molar-refractivity contribution in [3.8, 4) is 0 Å². The molecule has 0 aliphatic heterocycles. The van der Waals surface area contributed by atoms with Crippen LogP contribution in [0, 0.1) is 0 Å². The average Bonchev–Trinajstić information content (AvgIpc) is 2.87. The van der Waals surface area contributed by atoms with Crippen molar-refractivity contribution < 1.29 is 34.2 Å². The van der Waals surface area contributed by atoms with Gasteiger partial charge in [-0.25, -0.2) is 4.79 Å². The van der Waals surface area contributed by atoms with E-state index in [-0.39, 0.29) is 18.6 Å². The molecule has 37 heavy (non-hydrogen) atoms. The van der Waals surface area contributed by atoms with Crippen molar-refractivity contribution in [2.45, 2.75) is 43.4 Å². The average molecular weight is 531 g/mol. The van der Waals surface area contributed by atoms with Crippen LogP contribution in [0.15, 0.2) is 60.7 Å². The number of carbonyl (C=O) groups is 5. The molecule has 4 atom stereocenters. The molecule has 12 heteroatoms. The van der Waals surface area contributed by atoms with Gasteiger partial charge in [0.05, 0.1) is 12.5 Å². The quantitative estimate of drug-likeness (QED) is 0.163. The molecular weight excluding hydrogens is 500 g/mol. The van der Waals surface area contributed by atoms with Gasteiger partial charge in [-0.3, -0.25) is 19.2 Å². The highest BCUT2D eigenvalue weighted by Crippen LogP contribution is 2.07. The summed E-state index contributed by atoms with van der Waals surface area (Å²) in [5.74, 6) is -5.28. The van der Waals surface area contributed by atoms with Crippen LogP contribution in [0.4, 0.5) is 0 Å². The minimum atomic E-state index is -1.70. The van der Waals surface area contributed by atoms with Gasteiger partial charge in [-0.15, -0.1) is 0 Å². The smallest absolute Gasteiger partial charge is 0.326 e. The highest BCUT2D eigenvalue weighted by atomic mass is 32.1. The van der Waals surface area contributed by atoms with E-state index in [1.54, 1.807) is 30.3 Å². The van der Waals surface area contributed by atoms with Crippen LogP contribution in [-0.4, -0.2) is 69.8 Å². The Morgan fingerprint density at radius 3 is 1.65 bits per heavy atom. The lowest BCUT2D eigenvalue weighted by atomic mass is 10.0. The van der Waals surface area contributed by atoms with Crippen LogP contribution in [0.2, 0.25) is 0 Å². The minimum absolute atomic E-state index is 0.0153. The molecule has 4 unspecified atom stereocenters. The van der Waals surface area contributed by atoms with Gasteiger partial charge >= 0.3 is 11.9 Å². The number of nitrogens with two attached hydrogens (primary N) is 1. The van der Waals surface area contributed by atoms with E-state index in [2.05, 4.69) is 28.6 Å². The van der Waals surface area contributed by atoms with E-state index in [1.807, 2.05) is 30.3 Å². The lowest BCUT2D eigenvalue weighted by Gasteiger charge is -2.24. The molecule has 0 saturated heterocycles. The predicted octanol–water partition coefficient (Wildman–Crippen LogP) is -0.257. The largest absolute Gasteiger partial charge is 0.481 e. The molecule has 0 bridgehead atoms. The normalized spacial score (nSPS) is 13.9. The molecule has 11 nitrogen and oxygen atoms in total. The van der Waals surface area contributed by atoms with Gasteiger partial charge in [-0.2, -0.15) is 12.6 Å². The van der Waals surface area contributed by atoms with E-state index < -0.39 is 60.2 Å². The van der Waals surface area contributed by atoms with Crippen LogP contribution >= 0.6 is 12.6 Å². The van der Waals surface area contributed by atoms with E-state index in [0.717, 1.165) is 5.56 Å². The van der Waals surface area contributed by atoms with Gasteiger partial charge < -0.3 is 31.9 Å². The summed E-state index contributed by atoms with van der Waals surface area (Å²) in [6, 6.07) is 12.7. The Kier molecular flexibility index (Phi) is 11.6. The first-order valence-electron chi connectivity index (χ1n) is 11.4. The first-order chi connectivity index (χ1) is 17.6. The zero-order chi connectivity index (χ0) is 27.4. The number of carboxylic acids is 2. The molecule has 0 aromatic heterocycles. The molecule has 0 saturated carbocycles. The van der Waals surface area contributed by atoms with E-state index >= 15 is 0 Å². The summed E-state index contributed by atoms with van der Waals surface area (Å²) in [5, 5.41) is 25.4. The highest BCUT2D eigenvalue weighted by molar-refractivity contribution is 7.80. The van der Waals surface area contributed by atoms with Gasteiger partial charge in [0.2, 0.25) is 17.7 Å². The van der Waals surface area contributed by atoms with Crippen molar-refractivity contribution in [2.75, 3.05) is 5.75 Å². The molecule has 2 rings (SSSR count). The molecule has 0 fully saturated rings. The topological polar surface area (TPSA) is 188 Å². The highest BCUT2D eigenvalue weighted by Gasteiger charge is 2.31. The van der Waals surface area contributed by atoms with E-state index in [9.17, 15) is 29.1 Å². The predicted molar refractivity (Wildman–Crippen MR) is 138 cm³/mol. The maximum Gasteiger partial charge on any atom is 0.326 e. The van der Waals surface area contributed by atoms with Crippen LogP contribution in [0.25, 0.3) is 0 Å². The van der Waals surface area contributed by atoms with E-state index in [4.69, 9.17) is 10.8 Å². The molecule has 2 aromatic carbocycles. The molecule has 198 valence electrons. The molecule has 0 aliphatic carbocycles. The van der Waals surface area contributed by atoms with E-state index in [1.165, 1.54) is 0 Å². The van der Waals surface area contributed by atoms with Crippen LogP contribution in [0.3, 0.4) is 0 Å². The van der Waals surface area contributed by atoms with Gasteiger partial charge in [0.1, 0.15) is 18.1 Å². The Balaban J connectivity index is 2.12. The Bertz CT molecular complexity index is 1080. The van der Waals surface area contributed by atoms with E-state index in [0.29, 0.717) is 5.56 Å². The summed E-state index contributed by atoms with van der Waals surface area (Å²) in [6.07, 6.45) is -0.618.